The predicted octanol–water partition coefficient (Wildman–Crippen LogP) is 5.23. The summed E-state index contributed by atoms with van der Waals surface area (Å²) in [6, 6.07) is 18.4. The van der Waals surface area contributed by atoms with E-state index in [1.165, 1.54) is 11.1 Å². The number of carbonyl (C=O) groups is 1. The first kappa shape index (κ1) is 25.3. The molecule has 0 aliphatic heterocycles. The van der Waals surface area contributed by atoms with E-state index in [1.54, 1.807) is 6.92 Å². The minimum Gasteiger partial charge on any atom is -0.469 e. The van der Waals surface area contributed by atoms with E-state index >= 15 is 0 Å². The second-order valence-electron chi connectivity index (χ2n) is 6.82. The molecule has 1 unspecified atom stereocenters. The van der Waals surface area contributed by atoms with Crippen LogP contribution >= 0.6 is 8.38 Å². The number of ether oxygens (including phenoxy) is 2. The number of rotatable bonds is 14. The molecule has 0 heterocycles. The van der Waals surface area contributed by atoms with Gasteiger partial charge in [-0.25, -0.2) is 4.79 Å². The van der Waals surface area contributed by atoms with Crippen molar-refractivity contribution in [2.24, 2.45) is 0 Å². The van der Waals surface area contributed by atoms with Crippen LogP contribution in [-0.4, -0.2) is 38.2 Å². The van der Waals surface area contributed by atoms with Crippen LogP contribution in [0.25, 0.3) is 0 Å². The van der Waals surface area contributed by atoms with Gasteiger partial charge >= 0.3 is 5.97 Å². The molecule has 0 spiro atoms. The molecule has 2 aromatic carbocycles. The Hall–Kier alpha value is -1.98. The molecule has 2 rings (SSSR count). The molecule has 170 valence electrons. The topological polar surface area (TPSA) is 66.0 Å². The zero-order valence-corrected chi connectivity index (χ0v) is 19.8. The lowest BCUT2D eigenvalue weighted by molar-refractivity contribution is -0.148. The highest BCUT2D eigenvalue weighted by Crippen LogP contribution is 2.45. The number of hydrogen-bond donors (Lipinski definition) is 1. The van der Waals surface area contributed by atoms with Crippen LogP contribution in [0.5, 0.6) is 5.75 Å². The SMILES string of the molecule is CCOC(=O)C(Oc1ccc(CCN[C@H](C)c2ccccc2)cc1)P(OCC)OCC. The molecule has 0 radical (unpaired) electrons. The fourth-order valence-electron chi connectivity index (χ4n) is 2.97. The van der Waals surface area contributed by atoms with Crippen molar-refractivity contribution in [3.8, 4) is 5.75 Å². The van der Waals surface area contributed by atoms with Gasteiger partial charge in [0.05, 0.1) is 19.8 Å². The second kappa shape index (κ2) is 14.2. The van der Waals surface area contributed by atoms with E-state index in [0.29, 0.717) is 25.0 Å². The third kappa shape index (κ3) is 8.58. The van der Waals surface area contributed by atoms with Crippen molar-refractivity contribution in [1.82, 2.24) is 5.32 Å². The van der Waals surface area contributed by atoms with Crippen LogP contribution in [-0.2, 0) is 25.0 Å². The van der Waals surface area contributed by atoms with Crippen LogP contribution in [0.2, 0.25) is 0 Å². The van der Waals surface area contributed by atoms with Crippen LogP contribution in [0.15, 0.2) is 54.6 Å². The first-order valence-electron chi connectivity index (χ1n) is 10.8. The first-order chi connectivity index (χ1) is 15.1. The summed E-state index contributed by atoms with van der Waals surface area (Å²) >= 11 is 0. The number of carbonyl (C=O) groups excluding carboxylic acids is 1. The number of benzene rings is 2. The molecular weight excluding hydrogens is 413 g/mol. The van der Waals surface area contributed by atoms with Crippen molar-refractivity contribution in [2.45, 2.75) is 46.0 Å². The van der Waals surface area contributed by atoms with Gasteiger partial charge in [0.1, 0.15) is 5.75 Å². The van der Waals surface area contributed by atoms with Crippen molar-refractivity contribution < 1.29 is 23.3 Å². The van der Waals surface area contributed by atoms with E-state index < -0.39 is 20.2 Å². The van der Waals surface area contributed by atoms with Crippen LogP contribution in [0.3, 0.4) is 0 Å². The van der Waals surface area contributed by atoms with Crippen LogP contribution in [0, 0.1) is 0 Å². The van der Waals surface area contributed by atoms with Crippen molar-refractivity contribution in [3.63, 3.8) is 0 Å². The minimum absolute atomic E-state index is 0.271. The van der Waals surface area contributed by atoms with E-state index in [-0.39, 0.29) is 6.61 Å². The highest BCUT2D eigenvalue weighted by Gasteiger charge is 2.34. The van der Waals surface area contributed by atoms with E-state index in [9.17, 15) is 4.79 Å². The monoisotopic (exact) mass is 447 g/mol. The fourth-order valence-corrected chi connectivity index (χ4v) is 4.28. The molecule has 0 bridgehead atoms. The summed E-state index contributed by atoms with van der Waals surface area (Å²) in [5.74, 6) is -0.813. The molecular formula is C24H34NO5P. The third-order valence-electron chi connectivity index (χ3n) is 4.53. The van der Waals surface area contributed by atoms with Gasteiger partial charge in [-0.1, -0.05) is 42.5 Å². The lowest BCUT2D eigenvalue weighted by Gasteiger charge is -2.24. The molecule has 31 heavy (non-hydrogen) atoms. The zero-order chi connectivity index (χ0) is 22.5. The summed E-state index contributed by atoms with van der Waals surface area (Å²) in [6.45, 7) is 9.64. The first-order valence-corrected chi connectivity index (χ1v) is 12.1. The molecule has 0 saturated carbocycles. The maximum absolute atomic E-state index is 12.4. The smallest absolute Gasteiger partial charge is 0.356 e. The standard InChI is InChI=1S/C24H34NO5P/c1-5-27-23(26)24(31(28-6-2)29-7-3)30-22-15-13-20(14-16-22)17-18-25-19(4)21-11-9-8-10-12-21/h8-16,19,24-25H,5-7,17-18H2,1-4H3/t19-,24?/m1/s1. The molecule has 2 aromatic rings. The van der Waals surface area contributed by atoms with E-state index in [4.69, 9.17) is 18.5 Å². The van der Waals surface area contributed by atoms with Gasteiger partial charge in [-0.05, 0) is 63.9 Å². The molecule has 2 atom stereocenters. The third-order valence-corrected chi connectivity index (χ3v) is 6.25. The van der Waals surface area contributed by atoms with Gasteiger partial charge in [0.15, 0.2) is 0 Å². The van der Waals surface area contributed by atoms with Crippen LogP contribution < -0.4 is 10.1 Å². The van der Waals surface area contributed by atoms with Gasteiger partial charge < -0.3 is 23.8 Å². The molecule has 0 aliphatic rings. The highest BCUT2D eigenvalue weighted by molar-refractivity contribution is 7.49. The molecule has 0 fully saturated rings. The summed E-state index contributed by atoms with van der Waals surface area (Å²) in [7, 11) is -1.55. The second-order valence-corrected chi connectivity index (χ2v) is 8.38. The van der Waals surface area contributed by atoms with Crippen LogP contribution in [0.4, 0.5) is 0 Å². The van der Waals surface area contributed by atoms with Gasteiger partial charge in [-0.3, -0.25) is 0 Å². The molecule has 0 aromatic heterocycles. The predicted molar refractivity (Wildman–Crippen MR) is 124 cm³/mol. The average molecular weight is 448 g/mol. The number of esters is 1. The molecule has 0 aliphatic carbocycles. The summed E-state index contributed by atoms with van der Waals surface area (Å²) < 4.78 is 22.4. The maximum atomic E-state index is 12.4. The van der Waals surface area contributed by atoms with Gasteiger partial charge in [-0.2, -0.15) is 0 Å². The van der Waals surface area contributed by atoms with Crippen molar-refractivity contribution in [1.29, 1.82) is 0 Å². The van der Waals surface area contributed by atoms with Crippen molar-refractivity contribution in [3.05, 3.63) is 65.7 Å². The maximum Gasteiger partial charge on any atom is 0.356 e. The van der Waals surface area contributed by atoms with Gasteiger partial charge in [0.25, 0.3) is 5.85 Å². The van der Waals surface area contributed by atoms with Gasteiger partial charge in [0.2, 0.25) is 8.38 Å². The minimum atomic E-state index is -1.55. The number of nitrogens with one attached hydrogen (secondary N) is 1. The molecule has 1 N–H and O–H groups in total. The lowest BCUT2D eigenvalue weighted by atomic mass is 10.1. The van der Waals surface area contributed by atoms with Gasteiger partial charge in [0, 0.05) is 6.04 Å². The summed E-state index contributed by atoms with van der Waals surface area (Å²) in [5.41, 5.74) is 2.46. The summed E-state index contributed by atoms with van der Waals surface area (Å²) in [6.07, 6.45) is 0.892. The quantitative estimate of drug-likeness (QED) is 0.316. The zero-order valence-electron chi connectivity index (χ0n) is 18.9. The summed E-state index contributed by atoms with van der Waals surface area (Å²) in [5, 5.41) is 3.54. The largest absolute Gasteiger partial charge is 0.469 e. The Morgan fingerprint density at radius 3 is 2.16 bits per heavy atom. The Morgan fingerprint density at radius 2 is 1.58 bits per heavy atom. The van der Waals surface area contributed by atoms with E-state index in [2.05, 4.69) is 36.5 Å². The Bertz CT molecular complexity index is 750. The Labute approximate surface area is 187 Å². The molecule has 0 saturated heterocycles. The van der Waals surface area contributed by atoms with Crippen molar-refractivity contribution >= 4 is 14.3 Å². The highest BCUT2D eigenvalue weighted by atomic mass is 31.2. The summed E-state index contributed by atoms with van der Waals surface area (Å²) in [4.78, 5) is 12.4. The Morgan fingerprint density at radius 1 is 0.935 bits per heavy atom. The van der Waals surface area contributed by atoms with E-state index in [1.807, 2.05) is 44.2 Å². The Kier molecular flexibility index (Phi) is 11.5. The number of hydrogen-bond acceptors (Lipinski definition) is 6. The Balaban J connectivity index is 1.94. The average Bonchev–Trinajstić information content (AvgIpc) is 2.79. The van der Waals surface area contributed by atoms with Crippen molar-refractivity contribution in [2.75, 3.05) is 26.4 Å². The lowest BCUT2D eigenvalue weighted by Crippen LogP contribution is -2.29. The normalized spacial score (nSPS) is 13.1. The molecule has 6 nitrogen and oxygen atoms in total. The molecule has 7 heteroatoms. The van der Waals surface area contributed by atoms with Crippen LogP contribution in [0.1, 0.15) is 44.9 Å². The fraction of sp³-hybridized carbons (Fsp3) is 0.458. The van der Waals surface area contributed by atoms with Gasteiger partial charge in [-0.15, -0.1) is 0 Å². The molecule has 0 amide bonds. The van der Waals surface area contributed by atoms with E-state index in [0.717, 1.165) is 13.0 Å².